The molecule has 11 nitrogen and oxygen atoms in total. The van der Waals surface area contributed by atoms with Crippen LogP contribution in [-0.4, -0.2) is 77.8 Å². The number of ether oxygens (including phenoxy) is 1. The first-order valence-electron chi connectivity index (χ1n) is 16.2. The van der Waals surface area contributed by atoms with E-state index in [1.54, 1.807) is 11.0 Å². The van der Waals surface area contributed by atoms with Gasteiger partial charge in [0.05, 0.1) is 12.1 Å². The number of carbonyl (C=O) groups is 1. The number of hydrogen-bond acceptors (Lipinski definition) is 10. The predicted molar refractivity (Wildman–Crippen MR) is 181 cm³/mol. The van der Waals surface area contributed by atoms with Gasteiger partial charge in [0.25, 0.3) is 5.91 Å². The molecule has 0 saturated heterocycles. The lowest BCUT2D eigenvalue weighted by molar-refractivity contribution is -0.127. The van der Waals surface area contributed by atoms with Gasteiger partial charge in [-0.3, -0.25) is 9.69 Å². The summed E-state index contributed by atoms with van der Waals surface area (Å²) in [5.41, 5.74) is 2.77. The molecule has 7 rings (SSSR count). The minimum atomic E-state index is -1.30. The van der Waals surface area contributed by atoms with Gasteiger partial charge in [0, 0.05) is 35.5 Å². The Kier molecular flexibility index (Phi) is 9.54. The molecule has 6 atom stereocenters. The summed E-state index contributed by atoms with van der Waals surface area (Å²) in [6, 6.07) is 21.5. The maximum atomic E-state index is 13.9. The van der Waals surface area contributed by atoms with Crippen LogP contribution in [0.3, 0.4) is 0 Å². The number of rotatable bonds is 12. The summed E-state index contributed by atoms with van der Waals surface area (Å²) >= 11 is 1.46. The van der Waals surface area contributed by atoms with Crippen LogP contribution >= 0.6 is 11.8 Å². The number of fused-ring (bicyclic) bond motifs is 1. The van der Waals surface area contributed by atoms with Crippen molar-refractivity contribution in [2.75, 3.05) is 22.6 Å². The third-order valence-corrected chi connectivity index (χ3v) is 9.89. The standard InChI is InChI=1S/C35H35F2N7O4S/c1-2-15-49-35-39-33(38-26-17-23(26)20-13-14-24(36)25(37)16-20)30-34(40-35)44(42-41-30)27-18-28(32(47)31(27)46)48-19-29(45)43(21-9-5-3-6-10-21)22-11-7-4-8-12-22/h3-14,16,23,26-28,31-32,46-47H,2,15,17-19H2,1H3,(H,38,39,40)/t23-,26+,27+,28-,31-,32+/m0/s1. The number of halogens is 2. The number of amides is 1. The van der Waals surface area contributed by atoms with E-state index in [4.69, 9.17) is 14.7 Å². The number of aliphatic hydroxyl groups is 2. The Balaban J connectivity index is 1.10. The minimum Gasteiger partial charge on any atom is -0.388 e. The topological polar surface area (TPSA) is 139 Å². The molecule has 2 aromatic heterocycles. The number of para-hydroxylation sites is 2. The van der Waals surface area contributed by atoms with Crippen molar-refractivity contribution >= 4 is 46.0 Å². The molecule has 0 unspecified atom stereocenters. The monoisotopic (exact) mass is 687 g/mol. The average molecular weight is 688 g/mol. The molecule has 254 valence electrons. The van der Waals surface area contributed by atoms with Gasteiger partial charge in [0.15, 0.2) is 33.8 Å². The highest BCUT2D eigenvalue weighted by Gasteiger charge is 2.45. The fraction of sp³-hybridized carbons (Fsp3) is 0.343. The molecule has 14 heteroatoms. The van der Waals surface area contributed by atoms with E-state index in [9.17, 15) is 23.8 Å². The zero-order valence-corrected chi connectivity index (χ0v) is 27.4. The maximum Gasteiger partial charge on any atom is 0.257 e. The minimum absolute atomic E-state index is 0.0333. The van der Waals surface area contributed by atoms with Gasteiger partial charge in [0.2, 0.25) is 0 Å². The molecule has 5 aromatic rings. The van der Waals surface area contributed by atoms with E-state index in [-0.39, 0.29) is 30.9 Å². The fourth-order valence-corrected chi connectivity index (χ4v) is 6.94. The first-order valence-corrected chi connectivity index (χ1v) is 17.2. The van der Waals surface area contributed by atoms with Crippen LogP contribution < -0.4 is 10.2 Å². The molecule has 2 heterocycles. The maximum absolute atomic E-state index is 13.9. The van der Waals surface area contributed by atoms with Crippen molar-refractivity contribution in [1.29, 1.82) is 0 Å². The SMILES string of the molecule is CCCSc1nc(N[C@@H]2C[C@H]2c2ccc(F)c(F)c2)c2nnn([C@@H]3C[C@H](OCC(=O)N(c4ccccc4)c4ccccc4)[C@@H](O)[C@H]3O)c2n1. The molecule has 3 aromatic carbocycles. The molecule has 2 fully saturated rings. The highest BCUT2D eigenvalue weighted by atomic mass is 32.2. The normalized spacial score (nSPS) is 23.1. The van der Waals surface area contributed by atoms with Crippen LogP contribution in [0.25, 0.3) is 11.2 Å². The Hall–Kier alpha value is -4.50. The van der Waals surface area contributed by atoms with Crippen LogP contribution in [0.4, 0.5) is 26.0 Å². The number of thioether (sulfide) groups is 1. The lowest BCUT2D eigenvalue weighted by Gasteiger charge is -2.24. The quantitative estimate of drug-likeness (QED) is 0.116. The number of nitrogens with zero attached hydrogens (tertiary/aromatic N) is 6. The number of anilines is 3. The second kappa shape index (κ2) is 14.2. The Morgan fingerprint density at radius 2 is 1.69 bits per heavy atom. The molecule has 3 N–H and O–H groups in total. The van der Waals surface area contributed by atoms with E-state index < -0.39 is 36.0 Å². The van der Waals surface area contributed by atoms with Gasteiger partial charge in [-0.25, -0.2) is 23.4 Å². The molecule has 2 saturated carbocycles. The van der Waals surface area contributed by atoms with Crippen molar-refractivity contribution in [3.63, 3.8) is 0 Å². The number of benzene rings is 3. The van der Waals surface area contributed by atoms with E-state index in [1.807, 2.05) is 67.6 Å². The zero-order chi connectivity index (χ0) is 34.1. The van der Waals surface area contributed by atoms with Crippen LogP contribution in [0.5, 0.6) is 0 Å². The number of nitrogens with one attached hydrogen (secondary N) is 1. The van der Waals surface area contributed by atoms with Gasteiger partial charge >= 0.3 is 0 Å². The van der Waals surface area contributed by atoms with Crippen molar-refractivity contribution in [1.82, 2.24) is 25.0 Å². The van der Waals surface area contributed by atoms with E-state index in [0.29, 0.717) is 45.5 Å². The second-order valence-corrected chi connectivity index (χ2v) is 13.3. The number of aliphatic hydroxyl groups excluding tert-OH is 2. The summed E-state index contributed by atoms with van der Waals surface area (Å²) in [6.07, 6.45) is -1.70. The summed E-state index contributed by atoms with van der Waals surface area (Å²) in [5, 5.41) is 34.8. The summed E-state index contributed by atoms with van der Waals surface area (Å²) in [7, 11) is 0. The fourth-order valence-electron chi connectivity index (χ4n) is 6.24. The molecule has 1 amide bonds. The van der Waals surface area contributed by atoms with Gasteiger partial charge in [0.1, 0.15) is 18.8 Å². The summed E-state index contributed by atoms with van der Waals surface area (Å²) in [6.45, 7) is 1.71. The Morgan fingerprint density at radius 1 is 0.980 bits per heavy atom. The van der Waals surface area contributed by atoms with Crippen LogP contribution in [0, 0.1) is 11.6 Å². The lowest BCUT2D eigenvalue weighted by atomic mass is 10.1. The molecule has 49 heavy (non-hydrogen) atoms. The van der Waals surface area contributed by atoms with Crippen LogP contribution in [-0.2, 0) is 9.53 Å². The highest BCUT2D eigenvalue weighted by Crippen LogP contribution is 2.44. The van der Waals surface area contributed by atoms with Crippen molar-refractivity contribution in [3.8, 4) is 0 Å². The van der Waals surface area contributed by atoms with Gasteiger partial charge < -0.3 is 20.3 Å². The van der Waals surface area contributed by atoms with Crippen molar-refractivity contribution in [3.05, 3.63) is 96.1 Å². The zero-order valence-electron chi connectivity index (χ0n) is 26.6. The summed E-state index contributed by atoms with van der Waals surface area (Å²) in [4.78, 5) is 24.5. The van der Waals surface area contributed by atoms with Crippen molar-refractivity contribution in [2.45, 2.75) is 67.7 Å². The molecule has 0 radical (unpaired) electrons. The number of aromatic nitrogens is 5. The molecular weight excluding hydrogens is 652 g/mol. The average Bonchev–Trinajstić information content (AvgIpc) is 3.66. The largest absolute Gasteiger partial charge is 0.388 e. The van der Waals surface area contributed by atoms with Gasteiger partial charge in [-0.1, -0.05) is 66.4 Å². The first kappa shape index (κ1) is 33.0. The molecule has 0 aliphatic heterocycles. The first-order chi connectivity index (χ1) is 23.8. The van der Waals surface area contributed by atoms with Gasteiger partial charge in [-0.15, -0.1) is 5.10 Å². The number of hydrogen-bond donors (Lipinski definition) is 3. The molecule has 0 bridgehead atoms. The van der Waals surface area contributed by atoms with Crippen molar-refractivity contribution in [2.24, 2.45) is 0 Å². The highest BCUT2D eigenvalue weighted by molar-refractivity contribution is 7.99. The van der Waals surface area contributed by atoms with Gasteiger partial charge in [-0.2, -0.15) is 0 Å². The molecule has 2 aliphatic rings. The van der Waals surface area contributed by atoms with E-state index in [2.05, 4.69) is 15.6 Å². The third-order valence-electron chi connectivity index (χ3n) is 8.83. The molecule has 0 spiro atoms. The third kappa shape index (κ3) is 6.86. The van der Waals surface area contributed by atoms with Crippen LogP contribution in [0.15, 0.2) is 84.0 Å². The van der Waals surface area contributed by atoms with E-state index >= 15 is 0 Å². The Morgan fingerprint density at radius 3 is 2.37 bits per heavy atom. The summed E-state index contributed by atoms with van der Waals surface area (Å²) in [5.74, 6) is -0.933. The predicted octanol–water partition coefficient (Wildman–Crippen LogP) is 5.39. The number of carbonyl (C=O) groups excluding carboxylic acids is 1. The Bertz CT molecular complexity index is 1900. The smallest absolute Gasteiger partial charge is 0.257 e. The molecular formula is C35H35F2N7O4S. The van der Waals surface area contributed by atoms with Crippen LogP contribution in [0.2, 0.25) is 0 Å². The lowest BCUT2D eigenvalue weighted by Crippen LogP contribution is -2.36. The van der Waals surface area contributed by atoms with E-state index in [0.717, 1.165) is 18.2 Å². The van der Waals surface area contributed by atoms with Crippen LogP contribution in [0.1, 0.15) is 43.7 Å². The van der Waals surface area contributed by atoms with Gasteiger partial charge in [-0.05, 0) is 54.8 Å². The summed E-state index contributed by atoms with van der Waals surface area (Å²) < 4.78 is 34.9. The molecule has 2 aliphatic carbocycles. The van der Waals surface area contributed by atoms with E-state index in [1.165, 1.54) is 22.5 Å². The Labute approximate surface area is 285 Å². The second-order valence-electron chi connectivity index (χ2n) is 12.2. The van der Waals surface area contributed by atoms with Crippen molar-refractivity contribution < 1.29 is 28.5 Å².